The van der Waals surface area contributed by atoms with E-state index < -0.39 is 0 Å². The lowest BCUT2D eigenvalue weighted by Crippen LogP contribution is -2.33. The summed E-state index contributed by atoms with van der Waals surface area (Å²) in [7, 11) is 2.00. The van der Waals surface area contributed by atoms with Crippen molar-refractivity contribution in [3.63, 3.8) is 0 Å². The topological polar surface area (TPSA) is 83.3 Å². The predicted octanol–water partition coefficient (Wildman–Crippen LogP) is 0.0487. The number of rotatable bonds is 6. The van der Waals surface area contributed by atoms with Crippen molar-refractivity contribution in [1.29, 1.82) is 0 Å². The van der Waals surface area contributed by atoms with Crippen molar-refractivity contribution in [3.05, 3.63) is 24.0 Å². The molecular formula is C11H19N5O. The second-order valence-electron chi connectivity index (χ2n) is 3.72. The maximum atomic E-state index is 11.8. The van der Waals surface area contributed by atoms with Crippen LogP contribution < -0.4 is 16.6 Å². The van der Waals surface area contributed by atoms with E-state index in [0.29, 0.717) is 17.8 Å². The van der Waals surface area contributed by atoms with Gasteiger partial charge in [0.05, 0.1) is 11.3 Å². The van der Waals surface area contributed by atoms with Gasteiger partial charge in [0.25, 0.3) is 5.91 Å². The van der Waals surface area contributed by atoms with Crippen molar-refractivity contribution in [2.75, 3.05) is 32.1 Å². The van der Waals surface area contributed by atoms with Crippen molar-refractivity contribution in [1.82, 2.24) is 15.2 Å². The van der Waals surface area contributed by atoms with Crippen LogP contribution in [-0.4, -0.2) is 42.5 Å². The van der Waals surface area contributed by atoms with Crippen molar-refractivity contribution in [3.8, 4) is 0 Å². The highest BCUT2D eigenvalue weighted by Crippen LogP contribution is 2.11. The number of carbonyl (C=O) groups is 1. The van der Waals surface area contributed by atoms with Gasteiger partial charge in [0, 0.05) is 25.5 Å². The zero-order valence-electron chi connectivity index (χ0n) is 10.2. The number of nitrogens with two attached hydrogens (primary N) is 1. The molecule has 17 heavy (non-hydrogen) atoms. The number of nitrogen functional groups attached to an aromatic ring is 1. The van der Waals surface area contributed by atoms with Gasteiger partial charge in [-0.2, -0.15) is 0 Å². The minimum Gasteiger partial charge on any atom is -0.351 e. The van der Waals surface area contributed by atoms with Gasteiger partial charge in [-0.15, -0.1) is 0 Å². The van der Waals surface area contributed by atoms with Gasteiger partial charge >= 0.3 is 0 Å². The van der Waals surface area contributed by atoms with Crippen LogP contribution in [0.25, 0.3) is 0 Å². The Labute approximate surface area is 101 Å². The third-order valence-electron chi connectivity index (χ3n) is 2.54. The highest BCUT2D eigenvalue weighted by atomic mass is 16.1. The molecule has 1 aromatic rings. The largest absolute Gasteiger partial charge is 0.351 e. The summed E-state index contributed by atoms with van der Waals surface area (Å²) in [4.78, 5) is 17.9. The number of nitrogens with one attached hydrogen (secondary N) is 2. The molecule has 0 spiro atoms. The first-order valence-electron chi connectivity index (χ1n) is 5.56. The Morgan fingerprint density at radius 3 is 3.00 bits per heavy atom. The third kappa shape index (κ3) is 4.01. The van der Waals surface area contributed by atoms with E-state index in [4.69, 9.17) is 5.84 Å². The van der Waals surface area contributed by atoms with Crippen LogP contribution in [0.5, 0.6) is 0 Å². The normalized spacial score (nSPS) is 10.4. The average Bonchev–Trinajstić information content (AvgIpc) is 2.38. The Bertz CT molecular complexity index is 369. The van der Waals surface area contributed by atoms with Crippen LogP contribution in [0.1, 0.15) is 17.3 Å². The van der Waals surface area contributed by atoms with E-state index in [0.717, 1.165) is 13.1 Å². The van der Waals surface area contributed by atoms with E-state index in [-0.39, 0.29) is 5.91 Å². The second-order valence-corrected chi connectivity index (χ2v) is 3.72. The van der Waals surface area contributed by atoms with Gasteiger partial charge in [-0.25, -0.2) is 0 Å². The van der Waals surface area contributed by atoms with E-state index >= 15 is 0 Å². The molecular weight excluding hydrogens is 218 g/mol. The number of hydrogen-bond donors (Lipinski definition) is 3. The monoisotopic (exact) mass is 237 g/mol. The molecule has 0 aliphatic carbocycles. The van der Waals surface area contributed by atoms with Crippen molar-refractivity contribution in [2.45, 2.75) is 6.92 Å². The first kappa shape index (κ1) is 13.4. The number of carbonyl (C=O) groups excluding carboxylic acids is 1. The third-order valence-corrected chi connectivity index (χ3v) is 2.54. The highest BCUT2D eigenvalue weighted by molar-refractivity contribution is 5.99. The van der Waals surface area contributed by atoms with Crippen LogP contribution in [0.4, 0.5) is 5.69 Å². The van der Waals surface area contributed by atoms with Crippen LogP contribution >= 0.6 is 0 Å². The van der Waals surface area contributed by atoms with Crippen LogP contribution in [0.15, 0.2) is 18.5 Å². The van der Waals surface area contributed by atoms with Crippen molar-refractivity contribution in [2.24, 2.45) is 5.84 Å². The quantitative estimate of drug-likeness (QED) is 0.481. The molecule has 1 heterocycles. The van der Waals surface area contributed by atoms with Gasteiger partial charge in [0.1, 0.15) is 0 Å². The highest BCUT2D eigenvalue weighted by Gasteiger charge is 2.10. The average molecular weight is 237 g/mol. The summed E-state index contributed by atoms with van der Waals surface area (Å²) in [5.41, 5.74) is 3.50. The number of aromatic nitrogens is 1. The molecule has 0 aromatic carbocycles. The Kier molecular flexibility index (Phi) is 5.38. The number of hydrogen-bond acceptors (Lipinski definition) is 5. The van der Waals surface area contributed by atoms with Crippen molar-refractivity contribution < 1.29 is 4.79 Å². The van der Waals surface area contributed by atoms with Crippen LogP contribution in [0, 0.1) is 0 Å². The van der Waals surface area contributed by atoms with Crippen LogP contribution in [0.3, 0.4) is 0 Å². The SMILES string of the molecule is CCN(C)CCNC(=O)c1cnccc1NN. The van der Waals surface area contributed by atoms with Gasteiger partial charge in [0.15, 0.2) is 0 Å². The molecule has 1 rings (SSSR count). The Balaban J connectivity index is 2.52. The molecule has 0 aliphatic rings. The fourth-order valence-corrected chi connectivity index (χ4v) is 1.31. The lowest BCUT2D eigenvalue weighted by atomic mass is 10.2. The smallest absolute Gasteiger partial charge is 0.255 e. The zero-order chi connectivity index (χ0) is 12.7. The fourth-order valence-electron chi connectivity index (χ4n) is 1.31. The lowest BCUT2D eigenvalue weighted by molar-refractivity contribution is 0.0950. The maximum Gasteiger partial charge on any atom is 0.255 e. The second kappa shape index (κ2) is 6.82. The predicted molar refractivity (Wildman–Crippen MR) is 67.6 cm³/mol. The number of anilines is 1. The Morgan fingerprint density at radius 1 is 1.59 bits per heavy atom. The van der Waals surface area contributed by atoms with Gasteiger partial charge in [0.2, 0.25) is 0 Å². The van der Waals surface area contributed by atoms with E-state index in [1.54, 1.807) is 12.3 Å². The van der Waals surface area contributed by atoms with Crippen molar-refractivity contribution >= 4 is 11.6 Å². The number of hydrazine groups is 1. The van der Waals surface area contributed by atoms with E-state index in [9.17, 15) is 4.79 Å². The zero-order valence-corrected chi connectivity index (χ0v) is 10.2. The minimum atomic E-state index is -0.171. The van der Waals surface area contributed by atoms with Crippen LogP contribution in [0.2, 0.25) is 0 Å². The first-order chi connectivity index (χ1) is 8.19. The number of likely N-dealkylation sites (N-methyl/N-ethyl adjacent to an activating group) is 1. The summed E-state index contributed by atoms with van der Waals surface area (Å²) in [5.74, 6) is 5.15. The summed E-state index contributed by atoms with van der Waals surface area (Å²) in [6.45, 7) is 4.44. The summed E-state index contributed by atoms with van der Waals surface area (Å²) in [5, 5.41) is 2.82. The molecule has 4 N–H and O–H groups in total. The molecule has 0 unspecified atom stereocenters. The summed E-state index contributed by atoms with van der Waals surface area (Å²) in [6.07, 6.45) is 3.07. The maximum absolute atomic E-state index is 11.8. The van der Waals surface area contributed by atoms with Crippen LogP contribution in [-0.2, 0) is 0 Å². The number of nitrogens with zero attached hydrogens (tertiary/aromatic N) is 2. The van der Waals surface area contributed by atoms with Gasteiger partial charge in [-0.3, -0.25) is 15.6 Å². The van der Waals surface area contributed by atoms with Gasteiger partial charge < -0.3 is 15.6 Å². The van der Waals surface area contributed by atoms with Gasteiger partial charge in [-0.05, 0) is 19.7 Å². The molecule has 0 aliphatic heterocycles. The summed E-state index contributed by atoms with van der Waals surface area (Å²) in [6, 6.07) is 1.66. The molecule has 1 aromatic heterocycles. The molecule has 0 saturated heterocycles. The minimum absolute atomic E-state index is 0.171. The standard InChI is InChI=1S/C11H19N5O/c1-3-16(2)7-6-14-11(17)9-8-13-5-4-10(9)15-12/h4-5,8H,3,6-7,12H2,1-2H3,(H,13,15)(H,14,17). The molecule has 94 valence electrons. The molecule has 0 saturated carbocycles. The van der Waals surface area contributed by atoms with E-state index in [1.165, 1.54) is 6.20 Å². The fraction of sp³-hybridized carbons (Fsp3) is 0.455. The van der Waals surface area contributed by atoms with Gasteiger partial charge in [-0.1, -0.05) is 6.92 Å². The molecule has 6 nitrogen and oxygen atoms in total. The molecule has 0 atom stereocenters. The number of pyridine rings is 1. The Morgan fingerprint density at radius 2 is 2.35 bits per heavy atom. The molecule has 0 fully saturated rings. The number of amides is 1. The molecule has 0 bridgehead atoms. The summed E-state index contributed by atoms with van der Waals surface area (Å²) < 4.78 is 0. The first-order valence-corrected chi connectivity index (χ1v) is 5.56. The molecule has 1 amide bonds. The van der Waals surface area contributed by atoms with E-state index in [2.05, 4.69) is 27.6 Å². The molecule has 6 heteroatoms. The lowest BCUT2D eigenvalue weighted by Gasteiger charge is -2.14. The Hall–Kier alpha value is -1.66. The van der Waals surface area contributed by atoms with E-state index in [1.807, 2.05) is 7.05 Å². The molecule has 0 radical (unpaired) electrons. The summed E-state index contributed by atoms with van der Waals surface area (Å²) >= 11 is 0.